The third-order valence-electron chi connectivity index (χ3n) is 14.6. The molecule has 5 aliphatic rings. The summed E-state index contributed by atoms with van der Waals surface area (Å²) in [5.41, 5.74) is 7.07. The van der Waals surface area contributed by atoms with Crippen molar-refractivity contribution in [3.8, 4) is 23.0 Å². The Labute approximate surface area is 498 Å². The third-order valence-corrected chi connectivity index (χ3v) is 14.6. The predicted molar refractivity (Wildman–Crippen MR) is 300 cm³/mol. The van der Waals surface area contributed by atoms with Crippen LogP contribution in [0.15, 0.2) is 108 Å². The molecule has 0 saturated heterocycles. The van der Waals surface area contributed by atoms with Crippen LogP contribution in [-0.2, 0) is 87.5 Å². The van der Waals surface area contributed by atoms with Gasteiger partial charge in [-0.25, -0.2) is 6.54 Å². The summed E-state index contributed by atoms with van der Waals surface area (Å²) in [4.78, 5) is 113. The largest absolute Gasteiger partial charge is 0.533 e. The molecule has 22 heteroatoms. The number of benzene rings is 5. The SMILES string of the molecule is COc1cc2c(cc1OCc1cc(COc3cc4c(cc3OC)C(=O)N3c5ccccc5C[C@H]3[CH-]N4)cc(NC(=O)[C@H](C)NC(=O)[C@H](C)NC(=O)CCCCC(=O)NCCN3C(=O)C=CC3=O)c1)N=C[C@@H]1Cc3ccccc3N1C2=O.[Y]. The van der Waals surface area contributed by atoms with E-state index in [-0.39, 0.29) is 102 Å². The fourth-order valence-corrected chi connectivity index (χ4v) is 10.4. The second-order valence-electron chi connectivity index (χ2n) is 20.2. The van der Waals surface area contributed by atoms with Crippen LogP contribution in [0.5, 0.6) is 23.0 Å². The number of rotatable bonds is 21. The minimum absolute atomic E-state index is 0. The molecule has 0 aromatic heterocycles. The molecule has 4 atom stereocenters. The van der Waals surface area contributed by atoms with Gasteiger partial charge in [-0.1, -0.05) is 42.4 Å². The molecule has 21 nitrogen and oxygen atoms in total. The van der Waals surface area contributed by atoms with Crippen LogP contribution in [0.3, 0.4) is 0 Å². The summed E-state index contributed by atoms with van der Waals surface area (Å²) >= 11 is 0. The van der Waals surface area contributed by atoms with Crippen molar-refractivity contribution in [3.05, 3.63) is 143 Å². The second-order valence-corrected chi connectivity index (χ2v) is 20.2. The zero-order chi connectivity index (χ0) is 56.9. The van der Waals surface area contributed by atoms with Crippen molar-refractivity contribution < 1.29 is 90.0 Å². The maximum atomic E-state index is 14.1. The van der Waals surface area contributed by atoms with Gasteiger partial charge in [0.15, 0.2) is 23.0 Å². The van der Waals surface area contributed by atoms with E-state index in [4.69, 9.17) is 23.9 Å². The van der Waals surface area contributed by atoms with Crippen LogP contribution < -0.4 is 55.3 Å². The molecule has 5 heterocycles. The van der Waals surface area contributed by atoms with Crippen molar-refractivity contribution >= 4 is 81.9 Å². The number of hydrogen-bond acceptors (Lipinski definition) is 14. The topological polar surface area (TPSA) is 256 Å². The average Bonchev–Trinajstić information content (AvgIpc) is 4.30. The van der Waals surface area contributed by atoms with Crippen molar-refractivity contribution in [1.82, 2.24) is 20.9 Å². The predicted octanol–water partition coefficient (Wildman–Crippen LogP) is 5.85. The Balaban J connectivity index is 0.00000810. The van der Waals surface area contributed by atoms with E-state index in [1.54, 1.807) is 52.4 Å². The zero-order valence-corrected chi connectivity index (χ0v) is 48.5. The van der Waals surface area contributed by atoms with E-state index in [1.807, 2.05) is 61.1 Å². The quantitative estimate of drug-likeness (QED) is 0.0329. The first kappa shape index (κ1) is 58.2. The van der Waals surface area contributed by atoms with Crippen molar-refractivity contribution in [1.29, 1.82) is 0 Å². The number of amides is 8. The summed E-state index contributed by atoms with van der Waals surface area (Å²) in [5, 5.41) is 14.2. The molecule has 10 rings (SSSR count). The number of carbonyl (C=O) groups excluding carboxylic acids is 8. The average molecular weight is 1190 g/mol. The Morgan fingerprint density at radius 1 is 0.683 bits per heavy atom. The van der Waals surface area contributed by atoms with Crippen LogP contribution in [0.4, 0.5) is 28.4 Å². The van der Waals surface area contributed by atoms with Gasteiger partial charge in [-0.2, -0.15) is 0 Å². The summed E-state index contributed by atoms with van der Waals surface area (Å²) in [6.07, 6.45) is 6.32. The van der Waals surface area contributed by atoms with Gasteiger partial charge in [0.1, 0.15) is 25.3 Å². The standard InChI is InChI=1S/C60H60N9O12.Y/c1-34(64-54(71)16-10-9-15-53(70)61-19-20-67-55(72)17-18-56(67)73)57(74)65-35(2)58(75)66-40-22-36(32-80-51-28-45-43(26-49(51)78-3)59(76)68-41(30-62-45)24-38-11-5-7-13-47(38)68)21-37(23-40)33-81-52-29-46-44(27-50(52)79-4)60(77)69-42(31-63-46)25-39-12-6-8-14-48(39)69;/h5-8,11-14,17-18,21-23,26-31,34-35,41-42,62H,9-10,15-16,19-20,24-25,32-33H2,1-4H3,(H,61,70)(H,64,71)(H,65,74)(H,66,75);/q-1;/t34-,35-,41-,42-;/m0./s1. The van der Waals surface area contributed by atoms with E-state index in [0.29, 0.717) is 88.0 Å². The number of methoxy groups -OCH3 is 2. The van der Waals surface area contributed by atoms with E-state index in [9.17, 15) is 38.4 Å². The Bertz CT molecular complexity index is 3420. The first-order chi connectivity index (χ1) is 39.2. The molecule has 5 aromatic rings. The number of anilines is 4. The van der Waals surface area contributed by atoms with Crippen LogP contribution in [-0.4, -0.2) is 110 Å². The summed E-state index contributed by atoms with van der Waals surface area (Å²) in [5.74, 6) is -1.86. The van der Waals surface area contributed by atoms with E-state index in [1.165, 1.54) is 40.2 Å². The first-order valence-corrected chi connectivity index (χ1v) is 26.7. The molecule has 0 unspecified atom stereocenters. The van der Waals surface area contributed by atoms with Crippen LogP contribution >= 0.6 is 0 Å². The van der Waals surface area contributed by atoms with Gasteiger partial charge in [-0.15, -0.1) is 0 Å². The Hall–Kier alpha value is -8.43. The Morgan fingerprint density at radius 2 is 1.27 bits per heavy atom. The van der Waals surface area contributed by atoms with Crippen LogP contribution in [0.1, 0.15) is 82.5 Å². The van der Waals surface area contributed by atoms with Crippen LogP contribution in [0.25, 0.3) is 0 Å². The van der Waals surface area contributed by atoms with E-state index >= 15 is 0 Å². The smallest absolute Gasteiger partial charge is 0.261 e. The molecule has 5 N–H and O–H groups in total. The molecule has 0 spiro atoms. The molecule has 0 aliphatic carbocycles. The van der Waals surface area contributed by atoms with Crippen molar-refractivity contribution in [2.45, 2.75) is 89.8 Å². The summed E-state index contributed by atoms with van der Waals surface area (Å²) < 4.78 is 24.4. The normalized spacial score (nSPS) is 16.8. The zero-order valence-electron chi connectivity index (χ0n) is 45.6. The number of hydrogen-bond donors (Lipinski definition) is 5. The molecule has 8 amide bonds. The third kappa shape index (κ3) is 12.7. The minimum Gasteiger partial charge on any atom is -0.533 e. The summed E-state index contributed by atoms with van der Waals surface area (Å²) in [6.45, 7) is 4.97. The molecule has 0 fully saturated rings. The summed E-state index contributed by atoms with van der Waals surface area (Å²) in [6, 6.07) is 25.0. The molecule has 0 saturated carbocycles. The number of ether oxygens (including phenoxy) is 4. The number of nitrogens with one attached hydrogen (secondary N) is 5. The van der Waals surface area contributed by atoms with Crippen LogP contribution in [0.2, 0.25) is 0 Å². The second kappa shape index (κ2) is 25.6. The van der Waals surface area contributed by atoms with E-state index in [2.05, 4.69) is 26.6 Å². The summed E-state index contributed by atoms with van der Waals surface area (Å²) in [7, 11) is 2.97. The number of imide groups is 1. The Kier molecular flexibility index (Phi) is 18.2. The molecule has 1 radical (unpaired) electrons. The van der Waals surface area contributed by atoms with Gasteiger partial charge in [-0.3, -0.25) is 53.1 Å². The molecule has 421 valence electrons. The van der Waals surface area contributed by atoms with Gasteiger partial charge in [0.05, 0.1) is 37.1 Å². The number of carbonyl (C=O) groups is 8. The van der Waals surface area contributed by atoms with Crippen molar-refractivity contribution in [2.24, 2.45) is 4.99 Å². The van der Waals surface area contributed by atoms with Gasteiger partial charge < -0.3 is 50.4 Å². The number of fused-ring (bicyclic) bond motifs is 8. The van der Waals surface area contributed by atoms with Crippen molar-refractivity contribution in [2.75, 3.05) is 47.7 Å². The molecule has 82 heavy (non-hydrogen) atoms. The van der Waals surface area contributed by atoms with E-state index in [0.717, 1.165) is 27.4 Å². The number of aliphatic imine (C=N–C) groups is 1. The maximum Gasteiger partial charge on any atom is 0.261 e. The number of para-hydroxylation sites is 2. The fourth-order valence-electron chi connectivity index (χ4n) is 10.4. The molecule has 5 aliphatic heterocycles. The molecule has 5 aromatic carbocycles. The van der Waals surface area contributed by atoms with Gasteiger partial charge in [0.2, 0.25) is 23.6 Å². The Morgan fingerprint density at radius 3 is 1.94 bits per heavy atom. The fraction of sp³-hybridized carbons (Fsp3) is 0.300. The molecule has 0 bridgehead atoms. The minimum atomic E-state index is -1.07. The van der Waals surface area contributed by atoms with E-state index < -0.39 is 41.6 Å². The van der Waals surface area contributed by atoms with Crippen LogP contribution in [0, 0.1) is 6.54 Å². The number of nitrogens with zero attached hydrogens (tertiary/aromatic N) is 4. The van der Waals surface area contributed by atoms with Crippen molar-refractivity contribution in [3.63, 3.8) is 0 Å². The molecular weight excluding hydrogens is 1130 g/mol. The van der Waals surface area contributed by atoms with Gasteiger partial charge in [0, 0.05) is 118 Å². The monoisotopic (exact) mass is 1190 g/mol. The van der Waals surface area contributed by atoms with Gasteiger partial charge in [0.25, 0.3) is 23.6 Å². The first-order valence-electron chi connectivity index (χ1n) is 26.7. The molecular formula is C60H60N9O12Y-. The van der Waals surface area contributed by atoms with Gasteiger partial charge >= 0.3 is 0 Å². The van der Waals surface area contributed by atoms with Gasteiger partial charge in [-0.05, 0) is 97.8 Å². The number of unbranched alkanes of at least 4 members (excludes halogenated alkanes) is 1. The maximum absolute atomic E-state index is 14.1.